The maximum Gasteiger partial charge on any atom is 0.323 e. The molecule has 5 nitrogen and oxygen atoms in total. The van der Waals surface area contributed by atoms with E-state index in [1.165, 1.54) is 12.1 Å². The zero-order chi connectivity index (χ0) is 14.4. The Balaban J connectivity index is 2.81. The van der Waals surface area contributed by atoms with Gasteiger partial charge in [0, 0.05) is 4.47 Å². The predicted octanol–water partition coefficient (Wildman–Crippen LogP) is 2.14. The van der Waals surface area contributed by atoms with Crippen LogP contribution < -0.4 is 5.32 Å². The van der Waals surface area contributed by atoms with Gasteiger partial charge in [-0.25, -0.2) is 9.18 Å². The Morgan fingerprint density at radius 2 is 2.21 bits per heavy atom. The van der Waals surface area contributed by atoms with Crippen LogP contribution in [0.3, 0.4) is 0 Å². The average Bonchev–Trinajstić information content (AvgIpc) is 2.31. The summed E-state index contributed by atoms with van der Waals surface area (Å²) in [5.41, 5.74) is -0.0550. The number of carboxylic acid groups (broad SMARTS) is 1. The van der Waals surface area contributed by atoms with Gasteiger partial charge in [0.05, 0.1) is 12.2 Å². The van der Waals surface area contributed by atoms with Gasteiger partial charge in [0.15, 0.2) is 0 Å². The van der Waals surface area contributed by atoms with Crippen molar-refractivity contribution in [2.24, 2.45) is 0 Å². The number of carbonyl (C=O) groups excluding carboxylic acids is 1. The van der Waals surface area contributed by atoms with Crippen LogP contribution in [0.5, 0.6) is 0 Å². The van der Waals surface area contributed by atoms with Crippen molar-refractivity contribution < 1.29 is 19.1 Å². The van der Waals surface area contributed by atoms with Crippen LogP contribution in [-0.2, 0) is 4.79 Å². The van der Waals surface area contributed by atoms with Crippen LogP contribution in [0.15, 0.2) is 22.7 Å². The Hall–Kier alpha value is -2.07. The van der Waals surface area contributed by atoms with Crippen molar-refractivity contribution in [3.8, 4) is 12.3 Å². The number of nitrogens with zero attached hydrogens (tertiary/aromatic N) is 1. The van der Waals surface area contributed by atoms with Crippen LogP contribution in [0.25, 0.3) is 0 Å². The molecule has 19 heavy (non-hydrogen) atoms. The predicted molar refractivity (Wildman–Crippen MR) is 71.2 cm³/mol. The van der Waals surface area contributed by atoms with Crippen molar-refractivity contribution in [1.29, 1.82) is 0 Å². The van der Waals surface area contributed by atoms with Gasteiger partial charge in [-0.3, -0.25) is 4.79 Å². The smallest absolute Gasteiger partial charge is 0.323 e. The zero-order valence-electron chi connectivity index (χ0n) is 9.69. The Morgan fingerprint density at radius 3 is 2.74 bits per heavy atom. The molecule has 0 aromatic heterocycles. The lowest BCUT2D eigenvalue weighted by molar-refractivity contribution is -0.137. The Kier molecular flexibility index (Phi) is 5.33. The van der Waals surface area contributed by atoms with Gasteiger partial charge in [-0.2, -0.15) is 0 Å². The molecule has 1 rings (SSSR count). The van der Waals surface area contributed by atoms with Crippen molar-refractivity contribution in [3.63, 3.8) is 0 Å². The molecule has 0 atom stereocenters. The summed E-state index contributed by atoms with van der Waals surface area (Å²) < 4.78 is 14.0. The molecular weight excluding hydrogens is 319 g/mol. The lowest BCUT2D eigenvalue weighted by Gasteiger charge is -2.18. The summed E-state index contributed by atoms with van der Waals surface area (Å²) in [6.45, 7) is -0.746. The topological polar surface area (TPSA) is 69.6 Å². The molecule has 0 spiro atoms. The monoisotopic (exact) mass is 328 g/mol. The fourth-order valence-corrected chi connectivity index (χ4v) is 1.59. The van der Waals surface area contributed by atoms with Gasteiger partial charge in [-0.05, 0) is 18.2 Å². The number of carbonyl (C=O) groups is 2. The van der Waals surface area contributed by atoms with Crippen molar-refractivity contribution >= 4 is 33.6 Å². The highest BCUT2D eigenvalue weighted by atomic mass is 79.9. The first-order valence-electron chi connectivity index (χ1n) is 5.10. The number of hydrogen-bond acceptors (Lipinski definition) is 2. The molecule has 0 radical (unpaired) electrons. The molecule has 7 heteroatoms. The molecule has 0 fully saturated rings. The van der Waals surface area contributed by atoms with Crippen molar-refractivity contribution in [2.75, 3.05) is 18.4 Å². The van der Waals surface area contributed by atoms with Crippen LogP contribution in [0.1, 0.15) is 0 Å². The summed E-state index contributed by atoms with van der Waals surface area (Å²) in [5, 5.41) is 10.9. The number of urea groups is 1. The van der Waals surface area contributed by atoms with Crippen molar-refractivity contribution in [2.45, 2.75) is 0 Å². The van der Waals surface area contributed by atoms with E-state index in [0.29, 0.717) is 4.47 Å². The number of aliphatic carboxylic acids is 1. The molecular formula is C12H10BrFN2O3. The van der Waals surface area contributed by atoms with Crippen LogP contribution in [0, 0.1) is 18.2 Å². The number of benzene rings is 1. The maximum atomic E-state index is 13.5. The second-order valence-electron chi connectivity index (χ2n) is 3.51. The third kappa shape index (κ3) is 4.60. The van der Waals surface area contributed by atoms with E-state index >= 15 is 0 Å². The Bertz CT molecular complexity index is 542. The van der Waals surface area contributed by atoms with Gasteiger partial charge in [0.25, 0.3) is 0 Å². The molecule has 2 amide bonds. The second-order valence-corrected chi connectivity index (χ2v) is 4.42. The first kappa shape index (κ1) is 15.0. The van der Waals surface area contributed by atoms with Gasteiger partial charge in [-0.1, -0.05) is 21.9 Å². The highest BCUT2D eigenvalue weighted by Gasteiger charge is 2.17. The van der Waals surface area contributed by atoms with E-state index in [4.69, 9.17) is 11.5 Å². The highest BCUT2D eigenvalue weighted by Crippen LogP contribution is 2.19. The van der Waals surface area contributed by atoms with Crippen LogP contribution in [0.2, 0.25) is 0 Å². The normalized spacial score (nSPS) is 9.53. The van der Waals surface area contributed by atoms with Gasteiger partial charge in [0.1, 0.15) is 12.4 Å². The van der Waals surface area contributed by atoms with E-state index in [9.17, 15) is 14.0 Å². The molecule has 0 aliphatic rings. The number of anilines is 1. The summed E-state index contributed by atoms with van der Waals surface area (Å²) in [5.74, 6) is 0.317. The lowest BCUT2D eigenvalue weighted by atomic mass is 10.3. The average molecular weight is 329 g/mol. The number of hydrogen-bond donors (Lipinski definition) is 2. The van der Waals surface area contributed by atoms with E-state index in [2.05, 4.69) is 27.2 Å². The minimum atomic E-state index is -1.21. The summed E-state index contributed by atoms with van der Waals surface area (Å²) in [4.78, 5) is 23.2. The summed E-state index contributed by atoms with van der Waals surface area (Å²) in [7, 11) is 0. The third-order valence-electron chi connectivity index (χ3n) is 2.07. The first-order valence-corrected chi connectivity index (χ1v) is 5.89. The van der Waals surface area contributed by atoms with Crippen molar-refractivity contribution in [3.05, 3.63) is 28.5 Å². The van der Waals surface area contributed by atoms with Crippen molar-refractivity contribution in [1.82, 2.24) is 4.90 Å². The number of terminal acetylenes is 1. The number of halogens is 2. The molecule has 0 aliphatic heterocycles. The second kappa shape index (κ2) is 6.75. The lowest BCUT2D eigenvalue weighted by Crippen LogP contribution is -2.39. The third-order valence-corrected chi connectivity index (χ3v) is 2.56. The summed E-state index contributed by atoms with van der Waals surface area (Å²) in [6, 6.07) is 3.30. The molecule has 2 N–H and O–H groups in total. The first-order chi connectivity index (χ1) is 8.93. The quantitative estimate of drug-likeness (QED) is 0.832. The van der Waals surface area contributed by atoms with E-state index in [1.807, 2.05) is 0 Å². The van der Waals surface area contributed by atoms with Gasteiger partial charge < -0.3 is 15.3 Å². The van der Waals surface area contributed by atoms with Gasteiger partial charge in [-0.15, -0.1) is 6.42 Å². The minimum absolute atomic E-state index is 0.0550. The number of nitrogens with one attached hydrogen (secondary N) is 1. The van der Waals surface area contributed by atoms with Crippen LogP contribution >= 0.6 is 15.9 Å². The largest absolute Gasteiger partial charge is 0.480 e. The number of rotatable bonds is 4. The summed E-state index contributed by atoms with van der Waals surface area (Å²) >= 11 is 3.08. The van der Waals surface area contributed by atoms with Crippen LogP contribution in [-0.4, -0.2) is 35.1 Å². The fourth-order valence-electron chi connectivity index (χ4n) is 1.26. The molecule has 1 aromatic carbocycles. The van der Waals surface area contributed by atoms with Gasteiger partial charge >= 0.3 is 12.0 Å². The summed E-state index contributed by atoms with van der Waals surface area (Å²) in [6.07, 6.45) is 5.04. The Labute approximate surface area is 117 Å². The highest BCUT2D eigenvalue weighted by molar-refractivity contribution is 9.10. The molecule has 0 heterocycles. The number of carboxylic acids is 1. The molecule has 0 bridgehead atoms. The van der Waals surface area contributed by atoms with E-state index in [0.717, 1.165) is 4.90 Å². The molecule has 0 aliphatic carbocycles. The SMILES string of the molecule is C#CCN(CC(=O)O)C(=O)Nc1ccc(Br)cc1F. The van der Waals surface area contributed by atoms with E-state index in [-0.39, 0.29) is 12.2 Å². The van der Waals surface area contributed by atoms with Crippen LogP contribution in [0.4, 0.5) is 14.9 Å². The number of amides is 2. The minimum Gasteiger partial charge on any atom is -0.480 e. The maximum absolute atomic E-state index is 13.5. The van der Waals surface area contributed by atoms with E-state index in [1.54, 1.807) is 6.07 Å². The Morgan fingerprint density at radius 1 is 1.53 bits per heavy atom. The molecule has 0 saturated carbocycles. The molecule has 0 unspecified atom stereocenters. The van der Waals surface area contributed by atoms with E-state index < -0.39 is 24.4 Å². The standard InChI is InChI=1S/C12H10BrFN2O3/c1-2-5-16(7-11(17)18)12(19)15-10-4-3-8(13)6-9(10)14/h1,3-4,6H,5,7H2,(H,15,19)(H,17,18). The molecule has 1 aromatic rings. The molecule has 100 valence electrons. The zero-order valence-corrected chi connectivity index (χ0v) is 11.3. The fraction of sp³-hybridized carbons (Fsp3) is 0.167. The van der Waals surface area contributed by atoms with Gasteiger partial charge in [0.2, 0.25) is 0 Å². The molecule has 0 saturated heterocycles.